The molecule has 34 heavy (non-hydrogen) atoms. The molecule has 0 aliphatic carbocycles. The molecule has 2 heterocycles. The first kappa shape index (κ1) is 22.9. The quantitative estimate of drug-likeness (QED) is 0.475. The lowest BCUT2D eigenvalue weighted by molar-refractivity contribution is 0.132. The molecule has 0 aromatic heterocycles. The van der Waals surface area contributed by atoms with Crippen LogP contribution in [0.3, 0.4) is 0 Å². The van der Waals surface area contributed by atoms with E-state index in [4.69, 9.17) is 16.3 Å². The van der Waals surface area contributed by atoms with Crippen molar-refractivity contribution in [3.05, 3.63) is 94.5 Å². The van der Waals surface area contributed by atoms with Gasteiger partial charge in [-0.1, -0.05) is 66.2 Å². The Labute approximate surface area is 206 Å². The van der Waals surface area contributed by atoms with Crippen molar-refractivity contribution in [2.24, 2.45) is 0 Å². The molecule has 2 aliphatic rings. The van der Waals surface area contributed by atoms with E-state index in [1.165, 1.54) is 16.7 Å². The number of benzene rings is 3. The van der Waals surface area contributed by atoms with E-state index in [9.17, 15) is 4.79 Å². The van der Waals surface area contributed by atoms with Crippen molar-refractivity contribution in [2.75, 3.05) is 39.8 Å². The normalized spacial score (nSPS) is 19.4. The van der Waals surface area contributed by atoms with Gasteiger partial charge in [0.2, 0.25) is 0 Å². The SMILES string of the molecule is CN1CCN(Cc2cccc(-c3ccc(CN4CC(c5ccc(Cl)cc5)OC4=O)cc3)c2)CC1. The summed E-state index contributed by atoms with van der Waals surface area (Å²) in [5.41, 5.74) is 5.81. The van der Waals surface area contributed by atoms with Crippen LogP contribution in [0.1, 0.15) is 22.8 Å². The molecule has 5 rings (SSSR count). The highest BCUT2D eigenvalue weighted by atomic mass is 35.5. The van der Waals surface area contributed by atoms with Crippen LogP contribution >= 0.6 is 11.6 Å². The van der Waals surface area contributed by atoms with E-state index in [1.807, 2.05) is 24.3 Å². The first-order valence-electron chi connectivity index (χ1n) is 11.8. The van der Waals surface area contributed by atoms with Crippen molar-refractivity contribution in [1.29, 1.82) is 0 Å². The number of rotatable bonds is 6. The van der Waals surface area contributed by atoms with Gasteiger partial charge in [0.15, 0.2) is 0 Å². The van der Waals surface area contributed by atoms with Crippen LogP contribution in [0.15, 0.2) is 72.8 Å². The Hall–Kier alpha value is -2.86. The molecular weight excluding hydrogens is 446 g/mol. The number of nitrogens with zero attached hydrogens (tertiary/aromatic N) is 3. The van der Waals surface area contributed by atoms with Crippen molar-refractivity contribution >= 4 is 17.7 Å². The Morgan fingerprint density at radius 3 is 2.32 bits per heavy atom. The number of piperazine rings is 1. The molecule has 0 radical (unpaired) electrons. The lowest BCUT2D eigenvalue weighted by atomic mass is 10.0. The summed E-state index contributed by atoms with van der Waals surface area (Å²) in [5, 5.41) is 0.676. The van der Waals surface area contributed by atoms with Crippen molar-refractivity contribution in [3.8, 4) is 11.1 Å². The maximum absolute atomic E-state index is 12.4. The zero-order chi connectivity index (χ0) is 23.5. The third-order valence-corrected chi connectivity index (χ3v) is 6.97. The maximum atomic E-state index is 12.4. The molecule has 0 bridgehead atoms. The number of ether oxygens (including phenoxy) is 1. The van der Waals surface area contributed by atoms with E-state index in [1.54, 1.807) is 4.90 Å². The first-order chi connectivity index (χ1) is 16.5. The average Bonchev–Trinajstić information content (AvgIpc) is 3.21. The summed E-state index contributed by atoms with van der Waals surface area (Å²) in [4.78, 5) is 19.1. The van der Waals surface area contributed by atoms with Gasteiger partial charge in [0, 0.05) is 44.3 Å². The van der Waals surface area contributed by atoms with Gasteiger partial charge in [-0.2, -0.15) is 0 Å². The van der Waals surface area contributed by atoms with Gasteiger partial charge < -0.3 is 9.64 Å². The molecule has 0 spiro atoms. The predicted molar refractivity (Wildman–Crippen MR) is 136 cm³/mol. The van der Waals surface area contributed by atoms with Crippen molar-refractivity contribution in [3.63, 3.8) is 0 Å². The van der Waals surface area contributed by atoms with E-state index in [0.717, 1.165) is 43.9 Å². The fourth-order valence-electron chi connectivity index (χ4n) is 4.62. The molecule has 0 N–H and O–H groups in total. The lowest BCUT2D eigenvalue weighted by Crippen LogP contribution is -2.43. The highest BCUT2D eigenvalue weighted by molar-refractivity contribution is 6.30. The first-order valence-corrected chi connectivity index (χ1v) is 12.2. The molecular formula is C28H30ClN3O2. The summed E-state index contributed by atoms with van der Waals surface area (Å²) >= 11 is 5.98. The summed E-state index contributed by atoms with van der Waals surface area (Å²) < 4.78 is 5.58. The van der Waals surface area contributed by atoms with Crippen LogP contribution in [0, 0.1) is 0 Å². The van der Waals surface area contributed by atoms with Crippen LogP contribution in [-0.2, 0) is 17.8 Å². The zero-order valence-corrected chi connectivity index (χ0v) is 20.2. The Balaban J connectivity index is 1.21. The number of carbonyl (C=O) groups is 1. The van der Waals surface area contributed by atoms with Crippen molar-refractivity contribution < 1.29 is 9.53 Å². The molecule has 5 nitrogen and oxygen atoms in total. The van der Waals surface area contributed by atoms with Gasteiger partial charge in [0.05, 0.1) is 6.54 Å². The molecule has 1 amide bonds. The number of likely N-dealkylation sites (N-methyl/N-ethyl adjacent to an activating group) is 1. The van der Waals surface area contributed by atoms with Crippen molar-refractivity contribution in [2.45, 2.75) is 19.2 Å². The van der Waals surface area contributed by atoms with Gasteiger partial charge >= 0.3 is 6.09 Å². The summed E-state index contributed by atoms with van der Waals surface area (Å²) in [5.74, 6) is 0. The van der Waals surface area contributed by atoms with E-state index in [2.05, 4.69) is 65.4 Å². The smallest absolute Gasteiger partial charge is 0.410 e. The second-order valence-corrected chi connectivity index (χ2v) is 9.72. The van der Waals surface area contributed by atoms with Gasteiger partial charge in [-0.05, 0) is 53.1 Å². The number of carbonyl (C=O) groups excluding carboxylic acids is 1. The number of cyclic esters (lactones) is 1. The highest BCUT2D eigenvalue weighted by Gasteiger charge is 2.32. The Morgan fingerprint density at radius 1 is 0.853 bits per heavy atom. The Morgan fingerprint density at radius 2 is 1.59 bits per heavy atom. The van der Waals surface area contributed by atoms with Gasteiger partial charge in [-0.15, -0.1) is 0 Å². The summed E-state index contributed by atoms with van der Waals surface area (Å²) in [6, 6.07) is 24.8. The number of halogens is 1. The largest absolute Gasteiger partial charge is 0.439 e. The molecule has 0 saturated carbocycles. The van der Waals surface area contributed by atoms with Gasteiger partial charge in [-0.3, -0.25) is 9.80 Å². The molecule has 2 aliphatic heterocycles. The predicted octanol–water partition coefficient (Wildman–Crippen LogP) is 5.45. The molecule has 1 atom stereocenters. The van der Waals surface area contributed by atoms with E-state index >= 15 is 0 Å². The van der Waals surface area contributed by atoms with Crippen LogP contribution < -0.4 is 0 Å². The monoisotopic (exact) mass is 475 g/mol. The molecule has 2 fully saturated rings. The Kier molecular flexibility index (Phi) is 6.86. The zero-order valence-electron chi connectivity index (χ0n) is 19.5. The minimum Gasteiger partial charge on any atom is -0.439 e. The Bertz CT molecular complexity index is 1130. The topological polar surface area (TPSA) is 36.0 Å². The van der Waals surface area contributed by atoms with E-state index in [0.29, 0.717) is 18.1 Å². The van der Waals surface area contributed by atoms with Crippen LogP contribution in [0.2, 0.25) is 5.02 Å². The molecule has 3 aromatic carbocycles. The third kappa shape index (κ3) is 5.44. The molecule has 2 saturated heterocycles. The fraction of sp³-hybridized carbons (Fsp3) is 0.321. The van der Waals surface area contributed by atoms with Gasteiger partial charge in [0.1, 0.15) is 6.10 Å². The minimum absolute atomic E-state index is 0.257. The minimum atomic E-state index is -0.277. The van der Waals surface area contributed by atoms with Gasteiger partial charge in [-0.25, -0.2) is 4.79 Å². The van der Waals surface area contributed by atoms with E-state index < -0.39 is 0 Å². The number of hydrogen-bond donors (Lipinski definition) is 0. The lowest BCUT2D eigenvalue weighted by Gasteiger charge is -2.32. The summed E-state index contributed by atoms with van der Waals surface area (Å²) in [6.45, 7) is 6.56. The second kappa shape index (κ2) is 10.2. The molecule has 6 heteroatoms. The average molecular weight is 476 g/mol. The fourth-order valence-corrected chi connectivity index (χ4v) is 4.75. The molecule has 1 unspecified atom stereocenters. The third-order valence-electron chi connectivity index (χ3n) is 6.72. The molecule has 3 aromatic rings. The van der Waals surface area contributed by atoms with Crippen LogP contribution in [0.5, 0.6) is 0 Å². The number of hydrogen-bond acceptors (Lipinski definition) is 4. The molecule has 176 valence electrons. The maximum Gasteiger partial charge on any atom is 0.410 e. The summed E-state index contributed by atoms with van der Waals surface area (Å²) in [7, 11) is 2.19. The second-order valence-electron chi connectivity index (χ2n) is 9.28. The van der Waals surface area contributed by atoms with Gasteiger partial charge in [0.25, 0.3) is 0 Å². The van der Waals surface area contributed by atoms with Crippen LogP contribution in [-0.4, -0.2) is 60.6 Å². The van der Waals surface area contributed by atoms with Crippen molar-refractivity contribution in [1.82, 2.24) is 14.7 Å². The van der Waals surface area contributed by atoms with Crippen LogP contribution in [0.4, 0.5) is 4.79 Å². The number of amides is 1. The van der Waals surface area contributed by atoms with E-state index in [-0.39, 0.29) is 12.2 Å². The van der Waals surface area contributed by atoms with Crippen LogP contribution in [0.25, 0.3) is 11.1 Å². The summed E-state index contributed by atoms with van der Waals surface area (Å²) in [6.07, 6.45) is -0.535. The standard InChI is InChI=1S/C28H30ClN3O2/c1-30-13-15-31(16-14-30)18-22-3-2-4-25(17-22)23-7-5-21(6-8-23)19-32-20-27(34-28(32)33)24-9-11-26(29)12-10-24/h2-12,17,27H,13-16,18-20H2,1H3. The highest BCUT2D eigenvalue weighted by Crippen LogP contribution is 2.29.